The van der Waals surface area contributed by atoms with E-state index < -0.39 is 0 Å². The molecular formula is C13H11BrFN5. The monoisotopic (exact) mass is 335 g/mol. The number of nitrogens with one attached hydrogen (secondary N) is 1. The zero-order valence-corrected chi connectivity index (χ0v) is 12.4. The van der Waals surface area contributed by atoms with Crippen molar-refractivity contribution in [3.63, 3.8) is 0 Å². The maximum Gasteiger partial charge on any atom is 0.182 e. The molecule has 1 aromatic heterocycles. The van der Waals surface area contributed by atoms with E-state index in [1.165, 1.54) is 6.07 Å². The van der Waals surface area contributed by atoms with E-state index in [4.69, 9.17) is 5.26 Å². The van der Waals surface area contributed by atoms with Gasteiger partial charge in [-0.2, -0.15) is 5.26 Å². The van der Waals surface area contributed by atoms with Crippen molar-refractivity contribution < 1.29 is 4.39 Å². The Bertz CT molecular complexity index is 683. The average molecular weight is 336 g/mol. The van der Waals surface area contributed by atoms with Crippen molar-refractivity contribution in [2.45, 2.75) is 6.92 Å². The third-order valence-electron chi connectivity index (χ3n) is 2.62. The van der Waals surface area contributed by atoms with Crippen molar-refractivity contribution in [2.24, 2.45) is 0 Å². The highest BCUT2D eigenvalue weighted by Gasteiger charge is 2.13. The molecule has 1 N–H and O–H groups in total. The summed E-state index contributed by atoms with van der Waals surface area (Å²) in [6.45, 7) is 1.71. The van der Waals surface area contributed by atoms with Crippen LogP contribution >= 0.6 is 15.9 Å². The quantitative estimate of drug-likeness (QED) is 0.688. The van der Waals surface area contributed by atoms with Crippen LogP contribution < -0.4 is 10.2 Å². The summed E-state index contributed by atoms with van der Waals surface area (Å²) >= 11 is 3.31. The highest BCUT2D eigenvalue weighted by atomic mass is 79.9. The van der Waals surface area contributed by atoms with Crippen molar-refractivity contribution in [1.29, 1.82) is 5.26 Å². The van der Waals surface area contributed by atoms with Crippen LogP contribution in [0.2, 0.25) is 0 Å². The number of nitriles is 1. The fraction of sp³-hybridized carbons (Fsp3) is 0.154. The van der Waals surface area contributed by atoms with Gasteiger partial charge in [-0.1, -0.05) is 15.9 Å². The number of aryl methyl sites for hydroxylation is 1. The Kier molecular flexibility index (Phi) is 4.15. The number of hydrogen-bond acceptors (Lipinski definition) is 5. The van der Waals surface area contributed by atoms with Crippen LogP contribution in [0.1, 0.15) is 5.82 Å². The van der Waals surface area contributed by atoms with Gasteiger partial charge in [0.15, 0.2) is 6.19 Å². The molecule has 0 spiro atoms. The summed E-state index contributed by atoms with van der Waals surface area (Å²) in [4.78, 5) is 9.91. The molecule has 0 unspecified atom stereocenters. The van der Waals surface area contributed by atoms with Crippen LogP contribution in [0, 0.1) is 24.2 Å². The van der Waals surface area contributed by atoms with Gasteiger partial charge in [-0.15, -0.1) is 0 Å². The molecule has 2 aromatic rings. The molecule has 2 rings (SSSR count). The highest BCUT2D eigenvalue weighted by molar-refractivity contribution is 9.10. The van der Waals surface area contributed by atoms with Gasteiger partial charge in [0.05, 0.1) is 5.69 Å². The van der Waals surface area contributed by atoms with E-state index in [0.717, 1.165) is 4.47 Å². The summed E-state index contributed by atoms with van der Waals surface area (Å²) in [5.74, 6) is 0.994. The van der Waals surface area contributed by atoms with Crippen molar-refractivity contribution in [3.05, 3.63) is 40.4 Å². The Balaban J connectivity index is 2.45. The Morgan fingerprint density at radius 3 is 2.80 bits per heavy atom. The molecule has 1 heterocycles. The Morgan fingerprint density at radius 2 is 2.10 bits per heavy atom. The second-order valence-electron chi connectivity index (χ2n) is 4.05. The SMILES string of the molecule is Cc1nc(NC#N)cc(N(C)c2cc(Br)ccc2F)n1. The van der Waals surface area contributed by atoms with Gasteiger partial charge >= 0.3 is 0 Å². The van der Waals surface area contributed by atoms with Gasteiger partial charge in [0.2, 0.25) is 0 Å². The average Bonchev–Trinajstić information content (AvgIpc) is 2.40. The lowest BCUT2D eigenvalue weighted by atomic mass is 10.3. The fourth-order valence-electron chi connectivity index (χ4n) is 1.71. The number of nitrogens with zero attached hydrogens (tertiary/aromatic N) is 4. The van der Waals surface area contributed by atoms with Crippen molar-refractivity contribution in [1.82, 2.24) is 9.97 Å². The zero-order valence-electron chi connectivity index (χ0n) is 10.9. The molecule has 7 heteroatoms. The summed E-state index contributed by atoms with van der Waals surface area (Å²) in [5, 5.41) is 11.1. The number of rotatable bonds is 3. The van der Waals surface area contributed by atoms with Gasteiger partial charge in [0.25, 0.3) is 0 Å². The van der Waals surface area contributed by atoms with Crippen LogP contribution in [-0.2, 0) is 0 Å². The molecule has 20 heavy (non-hydrogen) atoms. The predicted octanol–water partition coefficient (Wildman–Crippen LogP) is 3.35. The van der Waals surface area contributed by atoms with Crippen LogP contribution in [0.25, 0.3) is 0 Å². The molecule has 0 amide bonds. The lowest BCUT2D eigenvalue weighted by Crippen LogP contribution is -2.14. The molecule has 0 aliphatic heterocycles. The first kappa shape index (κ1) is 14.2. The molecule has 5 nitrogen and oxygen atoms in total. The van der Waals surface area contributed by atoms with Gasteiger partial charge in [-0.25, -0.2) is 14.4 Å². The molecule has 1 aromatic carbocycles. The molecule has 0 fully saturated rings. The van der Waals surface area contributed by atoms with E-state index in [1.807, 2.05) is 0 Å². The number of halogens is 2. The molecule has 0 bridgehead atoms. The molecule has 0 atom stereocenters. The molecular weight excluding hydrogens is 325 g/mol. The number of benzene rings is 1. The topological polar surface area (TPSA) is 64.8 Å². The summed E-state index contributed by atoms with van der Waals surface area (Å²) < 4.78 is 14.6. The number of hydrogen-bond donors (Lipinski definition) is 1. The van der Waals surface area contributed by atoms with Gasteiger partial charge in [0.1, 0.15) is 23.3 Å². The lowest BCUT2D eigenvalue weighted by molar-refractivity contribution is 0.627. The van der Waals surface area contributed by atoms with Crippen LogP contribution in [0.3, 0.4) is 0 Å². The summed E-state index contributed by atoms with van der Waals surface area (Å²) in [6.07, 6.45) is 1.80. The number of anilines is 3. The van der Waals surface area contributed by atoms with E-state index >= 15 is 0 Å². The molecule has 0 saturated carbocycles. The summed E-state index contributed by atoms with van der Waals surface area (Å²) in [6, 6.07) is 6.24. The molecule has 0 radical (unpaired) electrons. The van der Waals surface area contributed by atoms with Crippen LogP contribution in [-0.4, -0.2) is 17.0 Å². The first-order valence-corrected chi connectivity index (χ1v) is 6.50. The van der Waals surface area contributed by atoms with Crippen molar-refractivity contribution in [3.8, 4) is 6.19 Å². The third kappa shape index (κ3) is 3.03. The second-order valence-corrected chi connectivity index (χ2v) is 4.97. The van der Waals surface area contributed by atoms with Gasteiger partial charge in [-0.05, 0) is 25.1 Å². The van der Waals surface area contributed by atoms with Gasteiger partial charge < -0.3 is 4.90 Å². The normalized spacial score (nSPS) is 9.95. The van der Waals surface area contributed by atoms with E-state index in [1.54, 1.807) is 43.3 Å². The largest absolute Gasteiger partial charge is 0.327 e. The molecule has 102 valence electrons. The van der Waals surface area contributed by atoms with Crippen LogP contribution in [0.15, 0.2) is 28.7 Å². The van der Waals surface area contributed by atoms with E-state index in [9.17, 15) is 4.39 Å². The Hall–Kier alpha value is -2.20. The molecule has 0 aliphatic rings. The Labute approximate surface area is 124 Å². The van der Waals surface area contributed by atoms with Crippen LogP contribution in [0.5, 0.6) is 0 Å². The van der Waals surface area contributed by atoms with Gasteiger partial charge in [0, 0.05) is 17.6 Å². The lowest BCUT2D eigenvalue weighted by Gasteiger charge is -2.20. The third-order valence-corrected chi connectivity index (χ3v) is 3.11. The number of aromatic nitrogens is 2. The summed E-state index contributed by atoms with van der Waals surface area (Å²) in [7, 11) is 1.70. The minimum absolute atomic E-state index is 0.359. The van der Waals surface area contributed by atoms with E-state index in [-0.39, 0.29) is 5.82 Å². The zero-order chi connectivity index (χ0) is 14.7. The minimum Gasteiger partial charge on any atom is -0.327 e. The standard InChI is InChI=1S/C13H11BrFN5/c1-8-18-12(17-7-16)6-13(19-8)20(2)11-5-9(14)3-4-10(11)15/h3-6H,1-2H3,(H,17,18,19). The fourth-order valence-corrected chi connectivity index (χ4v) is 2.06. The first-order valence-electron chi connectivity index (χ1n) is 5.71. The highest BCUT2D eigenvalue weighted by Crippen LogP contribution is 2.28. The van der Waals surface area contributed by atoms with Crippen LogP contribution in [0.4, 0.5) is 21.7 Å². The minimum atomic E-state index is -0.359. The predicted molar refractivity (Wildman–Crippen MR) is 78.2 cm³/mol. The smallest absolute Gasteiger partial charge is 0.182 e. The van der Waals surface area contributed by atoms with Gasteiger partial charge in [-0.3, -0.25) is 5.32 Å². The molecule has 0 aliphatic carbocycles. The van der Waals surface area contributed by atoms with E-state index in [0.29, 0.717) is 23.1 Å². The Morgan fingerprint density at radius 1 is 1.35 bits per heavy atom. The second kappa shape index (κ2) is 5.84. The maximum absolute atomic E-state index is 13.9. The maximum atomic E-state index is 13.9. The first-order chi connectivity index (χ1) is 9.51. The van der Waals surface area contributed by atoms with Crippen molar-refractivity contribution in [2.75, 3.05) is 17.3 Å². The molecule has 0 saturated heterocycles. The summed E-state index contributed by atoms with van der Waals surface area (Å²) in [5.41, 5.74) is 0.375. The van der Waals surface area contributed by atoms with E-state index in [2.05, 4.69) is 31.2 Å². The van der Waals surface area contributed by atoms with Crippen molar-refractivity contribution >= 4 is 33.3 Å².